The molecule has 0 unspecified atom stereocenters. The van der Waals surface area contributed by atoms with Gasteiger partial charge in [-0.2, -0.15) is 0 Å². The minimum atomic E-state index is 0.262. The highest BCUT2D eigenvalue weighted by Crippen LogP contribution is 1.99. The monoisotopic (exact) mass is 147 g/mol. The molecule has 2 heteroatoms. The smallest absolute Gasteiger partial charge is 0.139 e. The van der Waals surface area contributed by atoms with Crippen molar-refractivity contribution in [1.82, 2.24) is 0 Å². The second kappa shape index (κ2) is 3.58. The van der Waals surface area contributed by atoms with Gasteiger partial charge in [0.1, 0.15) is 7.85 Å². The molecule has 0 fully saturated rings. The van der Waals surface area contributed by atoms with E-state index in [4.69, 9.17) is 5.73 Å². The average molecular weight is 147 g/mol. The summed E-state index contributed by atoms with van der Waals surface area (Å²) in [5.74, 6) is 0. The highest BCUT2D eigenvalue weighted by atomic mass is 14.6. The summed E-state index contributed by atoms with van der Waals surface area (Å²) >= 11 is 0. The van der Waals surface area contributed by atoms with Crippen LogP contribution in [0, 0.1) is 0 Å². The lowest BCUT2D eigenvalue weighted by molar-refractivity contribution is 0.738. The van der Waals surface area contributed by atoms with Gasteiger partial charge in [-0.15, -0.1) is 0 Å². The fourth-order valence-electron chi connectivity index (χ4n) is 1.10. The maximum Gasteiger partial charge on any atom is 0.139 e. The number of benzene rings is 1. The molecule has 0 aromatic heterocycles. The zero-order chi connectivity index (χ0) is 8.27. The fourth-order valence-corrected chi connectivity index (χ4v) is 1.10. The second-order valence-electron chi connectivity index (χ2n) is 3.17. The molecule has 0 spiro atoms. The molecular weight excluding hydrogens is 133 g/mol. The lowest BCUT2D eigenvalue weighted by atomic mass is 9.94. The third-order valence-electron chi connectivity index (χ3n) is 1.68. The molecule has 0 aliphatic carbocycles. The Labute approximate surface area is 69.0 Å². The van der Waals surface area contributed by atoms with Crippen LogP contribution in [0.5, 0.6) is 0 Å². The summed E-state index contributed by atoms with van der Waals surface area (Å²) in [6, 6.07) is 8.78. The number of nitrogens with two attached hydrogens (primary N) is 1. The molecule has 58 valence electrons. The highest BCUT2D eigenvalue weighted by molar-refractivity contribution is 6.32. The Balaban J connectivity index is 2.66. The van der Waals surface area contributed by atoms with Crippen LogP contribution in [0.3, 0.4) is 0 Å². The summed E-state index contributed by atoms with van der Waals surface area (Å²) in [6.07, 6.45) is 0.972. The molecule has 0 amide bonds. The van der Waals surface area contributed by atoms with Crippen molar-refractivity contribution in [2.75, 3.05) is 0 Å². The van der Waals surface area contributed by atoms with Crippen LogP contribution in [0.2, 0.25) is 0 Å². The van der Waals surface area contributed by atoms with Crippen molar-refractivity contribution < 1.29 is 0 Å². The molecule has 0 saturated heterocycles. The molecule has 1 rings (SSSR count). The first-order chi connectivity index (χ1) is 5.18. The Bertz CT molecular complexity index is 216. The lowest BCUT2D eigenvalue weighted by Crippen LogP contribution is -2.18. The molecule has 0 bridgehead atoms. The highest BCUT2D eigenvalue weighted by Gasteiger charge is 1.95. The van der Waals surface area contributed by atoms with Gasteiger partial charge in [-0.1, -0.05) is 29.7 Å². The van der Waals surface area contributed by atoms with E-state index in [0.717, 1.165) is 6.42 Å². The zero-order valence-electron chi connectivity index (χ0n) is 7.17. The minimum Gasteiger partial charge on any atom is -0.328 e. The van der Waals surface area contributed by atoms with Crippen LogP contribution < -0.4 is 11.2 Å². The van der Waals surface area contributed by atoms with E-state index in [1.54, 1.807) is 0 Å². The van der Waals surface area contributed by atoms with Crippen molar-refractivity contribution in [2.24, 2.45) is 5.73 Å². The maximum atomic E-state index is 5.66. The molecule has 0 heterocycles. The van der Waals surface area contributed by atoms with Crippen LogP contribution in [-0.4, -0.2) is 13.9 Å². The largest absolute Gasteiger partial charge is 0.328 e. The van der Waals surface area contributed by atoms with Crippen LogP contribution in [0.4, 0.5) is 0 Å². The Morgan fingerprint density at radius 3 is 2.36 bits per heavy atom. The van der Waals surface area contributed by atoms with E-state index in [0.29, 0.717) is 0 Å². The Hall–Kier alpha value is -0.755. The summed E-state index contributed by atoms with van der Waals surface area (Å²) in [5.41, 5.74) is 8.29. The van der Waals surface area contributed by atoms with E-state index in [1.165, 1.54) is 11.0 Å². The normalized spacial score (nSPS) is 12.9. The van der Waals surface area contributed by atoms with Gasteiger partial charge >= 0.3 is 0 Å². The maximum absolute atomic E-state index is 5.66. The van der Waals surface area contributed by atoms with Crippen molar-refractivity contribution in [3.63, 3.8) is 0 Å². The van der Waals surface area contributed by atoms with Crippen LogP contribution in [0.25, 0.3) is 0 Å². The van der Waals surface area contributed by atoms with Crippen molar-refractivity contribution in [2.45, 2.75) is 19.4 Å². The number of hydrogen-bond donors (Lipinski definition) is 1. The topological polar surface area (TPSA) is 26.0 Å². The van der Waals surface area contributed by atoms with Crippen molar-refractivity contribution in [3.8, 4) is 0 Å². The van der Waals surface area contributed by atoms with Crippen LogP contribution >= 0.6 is 0 Å². The van der Waals surface area contributed by atoms with Gasteiger partial charge in [0.25, 0.3) is 0 Å². The van der Waals surface area contributed by atoms with Gasteiger partial charge in [0.2, 0.25) is 0 Å². The van der Waals surface area contributed by atoms with Crippen LogP contribution in [0.1, 0.15) is 12.5 Å². The third-order valence-corrected chi connectivity index (χ3v) is 1.68. The van der Waals surface area contributed by atoms with Gasteiger partial charge in [-0.25, -0.2) is 0 Å². The molecular formula is C9H14BN. The van der Waals surface area contributed by atoms with E-state index >= 15 is 0 Å². The average Bonchev–Trinajstić information content (AvgIpc) is 1.93. The van der Waals surface area contributed by atoms with Gasteiger partial charge in [0.15, 0.2) is 0 Å². The summed E-state index contributed by atoms with van der Waals surface area (Å²) in [6.45, 7) is 2.03. The quantitative estimate of drug-likeness (QED) is 0.577. The van der Waals surface area contributed by atoms with E-state index in [9.17, 15) is 0 Å². The number of hydrogen-bond acceptors (Lipinski definition) is 1. The number of rotatable bonds is 2. The lowest BCUT2D eigenvalue weighted by Gasteiger charge is -2.04. The summed E-state index contributed by atoms with van der Waals surface area (Å²) in [5, 5.41) is 0. The van der Waals surface area contributed by atoms with E-state index < -0.39 is 0 Å². The molecule has 0 radical (unpaired) electrons. The van der Waals surface area contributed by atoms with Gasteiger partial charge in [0, 0.05) is 6.04 Å². The molecule has 1 nitrogen and oxygen atoms in total. The van der Waals surface area contributed by atoms with E-state index in [1.807, 2.05) is 6.92 Å². The Morgan fingerprint density at radius 1 is 1.36 bits per heavy atom. The van der Waals surface area contributed by atoms with Gasteiger partial charge in [-0.3, -0.25) is 0 Å². The van der Waals surface area contributed by atoms with Gasteiger partial charge < -0.3 is 5.73 Å². The Morgan fingerprint density at radius 2 is 1.91 bits per heavy atom. The van der Waals surface area contributed by atoms with Crippen molar-refractivity contribution in [1.29, 1.82) is 0 Å². The molecule has 1 atom stereocenters. The molecule has 0 aliphatic heterocycles. The third kappa shape index (κ3) is 2.77. The van der Waals surface area contributed by atoms with Crippen molar-refractivity contribution in [3.05, 3.63) is 29.8 Å². The summed E-state index contributed by atoms with van der Waals surface area (Å²) in [7, 11) is 2.09. The summed E-state index contributed by atoms with van der Waals surface area (Å²) in [4.78, 5) is 0. The SMILES string of the molecule is Bc1ccc(C[C@H](C)N)cc1. The Kier molecular flexibility index (Phi) is 2.72. The minimum absolute atomic E-state index is 0.262. The fraction of sp³-hybridized carbons (Fsp3) is 0.333. The van der Waals surface area contributed by atoms with Gasteiger partial charge in [-0.05, 0) is 18.9 Å². The van der Waals surface area contributed by atoms with Crippen LogP contribution in [-0.2, 0) is 6.42 Å². The predicted octanol–water partition coefficient (Wildman–Crippen LogP) is -0.165. The van der Waals surface area contributed by atoms with E-state index in [2.05, 4.69) is 32.1 Å². The van der Waals surface area contributed by atoms with Crippen LogP contribution in [0.15, 0.2) is 24.3 Å². The van der Waals surface area contributed by atoms with E-state index in [-0.39, 0.29) is 6.04 Å². The first-order valence-electron chi connectivity index (χ1n) is 3.99. The molecule has 0 saturated carbocycles. The molecule has 0 aliphatic rings. The first kappa shape index (κ1) is 8.34. The van der Waals surface area contributed by atoms with Gasteiger partial charge in [0.05, 0.1) is 0 Å². The standard InChI is InChI=1S/C9H14BN/c1-7(11)6-8-2-4-9(10)5-3-8/h2-5,7H,6,10-11H2,1H3/t7-/m0/s1. The summed E-state index contributed by atoms with van der Waals surface area (Å²) < 4.78 is 0. The molecule has 2 N–H and O–H groups in total. The van der Waals surface area contributed by atoms with Crippen molar-refractivity contribution >= 4 is 13.3 Å². The predicted molar refractivity (Wildman–Crippen MR) is 52.0 cm³/mol. The molecule has 1 aromatic rings. The molecule has 1 aromatic carbocycles. The second-order valence-corrected chi connectivity index (χ2v) is 3.17. The molecule has 11 heavy (non-hydrogen) atoms. The zero-order valence-corrected chi connectivity index (χ0v) is 7.17. The first-order valence-corrected chi connectivity index (χ1v) is 3.99.